The van der Waals surface area contributed by atoms with E-state index in [1.807, 2.05) is 34.9 Å². The highest BCUT2D eigenvalue weighted by atomic mass is 32.2. The molecule has 2 nitrogen and oxygen atoms in total. The van der Waals surface area contributed by atoms with Crippen molar-refractivity contribution in [2.24, 2.45) is 0 Å². The van der Waals surface area contributed by atoms with Crippen molar-refractivity contribution >= 4 is 11.8 Å². The molecule has 1 aliphatic rings. The van der Waals surface area contributed by atoms with Crippen molar-refractivity contribution in [2.45, 2.75) is 6.61 Å². The molecular formula is C10H11NOS. The van der Waals surface area contributed by atoms with Crippen LogP contribution in [0.4, 0.5) is 0 Å². The van der Waals surface area contributed by atoms with Gasteiger partial charge in [0.2, 0.25) is 0 Å². The highest BCUT2D eigenvalue weighted by Crippen LogP contribution is 2.16. The van der Waals surface area contributed by atoms with Gasteiger partial charge in [-0.15, -0.1) is 11.8 Å². The summed E-state index contributed by atoms with van der Waals surface area (Å²) in [4.78, 5) is 5.51. The van der Waals surface area contributed by atoms with Gasteiger partial charge in [0.15, 0.2) is 0 Å². The summed E-state index contributed by atoms with van der Waals surface area (Å²) in [5, 5.41) is 3.88. The minimum absolute atomic E-state index is 0.645. The lowest BCUT2D eigenvalue weighted by atomic mass is 10.2. The Kier molecular flexibility index (Phi) is 2.90. The fraction of sp³-hybridized carbons (Fsp3) is 0.200. The lowest BCUT2D eigenvalue weighted by molar-refractivity contribution is -0.115. The van der Waals surface area contributed by atoms with E-state index in [2.05, 4.69) is 12.1 Å². The van der Waals surface area contributed by atoms with Gasteiger partial charge < -0.3 is 0 Å². The van der Waals surface area contributed by atoms with E-state index in [-0.39, 0.29) is 0 Å². The van der Waals surface area contributed by atoms with Gasteiger partial charge in [0.05, 0.1) is 12.5 Å². The summed E-state index contributed by atoms with van der Waals surface area (Å²) in [5.41, 5.74) is 1.20. The van der Waals surface area contributed by atoms with Gasteiger partial charge in [-0.05, 0) is 11.0 Å². The van der Waals surface area contributed by atoms with Gasteiger partial charge in [0, 0.05) is 6.20 Å². The fourth-order valence-corrected chi connectivity index (χ4v) is 1.70. The molecule has 0 aliphatic carbocycles. The normalized spacial score (nSPS) is 15.2. The van der Waals surface area contributed by atoms with Crippen LogP contribution in [-0.2, 0) is 11.4 Å². The fourth-order valence-electron chi connectivity index (χ4n) is 1.08. The molecule has 13 heavy (non-hydrogen) atoms. The van der Waals surface area contributed by atoms with E-state index in [1.165, 1.54) is 5.56 Å². The predicted octanol–water partition coefficient (Wildman–Crippen LogP) is 2.60. The summed E-state index contributed by atoms with van der Waals surface area (Å²) >= 11 is 1.74. The zero-order valence-corrected chi connectivity index (χ0v) is 8.04. The molecule has 0 aromatic heterocycles. The molecule has 0 amide bonds. The number of benzene rings is 1. The van der Waals surface area contributed by atoms with Crippen molar-refractivity contribution < 1.29 is 4.84 Å². The first-order valence-electron chi connectivity index (χ1n) is 4.17. The smallest absolute Gasteiger partial charge is 0.0999 e. The molecule has 0 N–H and O–H groups in total. The average molecular weight is 193 g/mol. The molecule has 0 atom stereocenters. The Morgan fingerprint density at radius 1 is 1.31 bits per heavy atom. The van der Waals surface area contributed by atoms with E-state index < -0.39 is 0 Å². The van der Waals surface area contributed by atoms with Crippen molar-refractivity contribution in [3.05, 3.63) is 47.5 Å². The third-order valence-electron chi connectivity index (χ3n) is 1.76. The van der Waals surface area contributed by atoms with Crippen LogP contribution in [0.2, 0.25) is 0 Å². The van der Waals surface area contributed by atoms with E-state index in [4.69, 9.17) is 4.84 Å². The average Bonchev–Trinajstić information content (AvgIpc) is 2.69. The molecule has 1 aromatic rings. The third kappa shape index (κ3) is 2.50. The number of rotatable bonds is 3. The topological polar surface area (TPSA) is 12.5 Å². The summed E-state index contributed by atoms with van der Waals surface area (Å²) in [5.74, 6) is 0.896. The number of thioether (sulfide) groups is 1. The maximum absolute atomic E-state index is 5.51. The molecule has 2 rings (SSSR count). The predicted molar refractivity (Wildman–Crippen MR) is 54.7 cm³/mol. The van der Waals surface area contributed by atoms with Crippen LogP contribution in [0.25, 0.3) is 0 Å². The van der Waals surface area contributed by atoms with Crippen LogP contribution < -0.4 is 0 Å². The van der Waals surface area contributed by atoms with Crippen LogP contribution in [0.15, 0.2) is 41.9 Å². The zero-order valence-electron chi connectivity index (χ0n) is 7.22. The van der Waals surface area contributed by atoms with Gasteiger partial charge in [0.1, 0.15) is 0 Å². The molecule has 0 radical (unpaired) electrons. The van der Waals surface area contributed by atoms with Crippen molar-refractivity contribution in [1.29, 1.82) is 0 Å². The quantitative estimate of drug-likeness (QED) is 0.732. The lowest BCUT2D eigenvalue weighted by Crippen LogP contribution is -2.13. The number of hydrogen-bond acceptors (Lipinski definition) is 3. The molecule has 0 bridgehead atoms. The Bertz CT molecular complexity index is 286. The second-order valence-electron chi connectivity index (χ2n) is 2.76. The van der Waals surface area contributed by atoms with Gasteiger partial charge in [-0.3, -0.25) is 9.90 Å². The van der Waals surface area contributed by atoms with E-state index in [9.17, 15) is 0 Å². The molecule has 0 saturated heterocycles. The number of nitrogens with zero attached hydrogens (tertiary/aromatic N) is 1. The van der Waals surface area contributed by atoms with Gasteiger partial charge in [-0.2, -0.15) is 0 Å². The second kappa shape index (κ2) is 4.35. The Morgan fingerprint density at radius 3 is 2.85 bits per heavy atom. The van der Waals surface area contributed by atoms with E-state index in [1.54, 1.807) is 11.8 Å². The van der Waals surface area contributed by atoms with Crippen molar-refractivity contribution in [3.8, 4) is 0 Å². The summed E-state index contributed by atoms with van der Waals surface area (Å²) < 4.78 is 0. The van der Waals surface area contributed by atoms with Crippen LogP contribution in [0.3, 0.4) is 0 Å². The van der Waals surface area contributed by atoms with Crippen LogP contribution in [0, 0.1) is 0 Å². The summed E-state index contributed by atoms with van der Waals surface area (Å²) in [7, 11) is 0. The van der Waals surface area contributed by atoms with Crippen LogP contribution >= 0.6 is 11.8 Å². The van der Waals surface area contributed by atoms with Gasteiger partial charge in [0.25, 0.3) is 0 Å². The number of hydroxylamine groups is 2. The summed E-state index contributed by atoms with van der Waals surface area (Å²) in [6.45, 7) is 0.645. The highest BCUT2D eigenvalue weighted by Gasteiger charge is 2.04. The van der Waals surface area contributed by atoms with Crippen LogP contribution in [0.1, 0.15) is 5.56 Å². The molecule has 0 spiro atoms. The monoisotopic (exact) mass is 193 g/mol. The zero-order chi connectivity index (χ0) is 8.93. The summed E-state index contributed by atoms with van der Waals surface area (Å²) in [6.07, 6.45) is 1.95. The van der Waals surface area contributed by atoms with Crippen molar-refractivity contribution in [2.75, 3.05) is 5.88 Å². The molecule has 1 heterocycles. The Morgan fingerprint density at radius 2 is 2.15 bits per heavy atom. The largest absolute Gasteiger partial charge is 0.268 e. The molecule has 68 valence electrons. The second-order valence-corrected chi connectivity index (χ2v) is 3.62. The Balaban J connectivity index is 1.82. The molecule has 0 unspecified atom stereocenters. The first kappa shape index (κ1) is 8.66. The lowest BCUT2D eigenvalue weighted by Gasteiger charge is -2.13. The molecule has 1 aromatic carbocycles. The van der Waals surface area contributed by atoms with Crippen LogP contribution in [0.5, 0.6) is 0 Å². The van der Waals surface area contributed by atoms with Gasteiger partial charge in [-0.1, -0.05) is 30.3 Å². The minimum atomic E-state index is 0.645. The Labute approximate surface area is 82.1 Å². The van der Waals surface area contributed by atoms with Gasteiger partial charge in [-0.25, -0.2) is 0 Å². The molecular weight excluding hydrogens is 182 g/mol. The van der Waals surface area contributed by atoms with E-state index in [0.717, 1.165) is 5.88 Å². The first-order valence-corrected chi connectivity index (χ1v) is 5.22. The highest BCUT2D eigenvalue weighted by molar-refractivity contribution is 8.02. The van der Waals surface area contributed by atoms with Crippen molar-refractivity contribution in [1.82, 2.24) is 5.06 Å². The Hall–Kier alpha value is -0.930. The number of hydrogen-bond donors (Lipinski definition) is 0. The molecule has 0 saturated carbocycles. The molecule has 3 heteroatoms. The maximum Gasteiger partial charge on any atom is 0.0999 e. The molecule has 0 fully saturated rings. The first-order chi connectivity index (χ1) is 6.45. The van der Waals surface area contributed by atoms with E-state index >= 15 is 0 Å². The van der Waals surface area contributed by atoms with Crippen molar-refractivity contribution in [3.63, 3.8) is 0 Å². The minimum Gasteiger partial charge on any atom is -0.268 e. The standard InChI is InChI=1S/C10H11NOS/c1-2-4-10(5-3-1)8-12-11-6-7-13-9-11/h1-7H,8-9H2. The summed E-state index contributed by atoms with van der Waals surface area (Å²) in [6, 6.07) is 10.2. The van der Waals surface area contributed by atoms with Gasteiger partial charge >= 0.3 is 0 Å². The SMILES string of the molecule is C1=CN(OCc2ccccc2)CS1. The third-order valence-corrected chi connectivity index (χ3v) is 2.48. The molecule has 1 aliphatic heterocycles. The van der Waals surface area contributed by atoms with Crippen LogP contribution in [-0.4, -0.2) is 10.9 Å². The maximum atomic E-state index is 5.51. The van der Waals surface area contributed by atoms with E-state index in [0.29, 0.717) is 6.61 Å².